The van der Waals surface area contributed by atoms with Gasteiger partial charge in [0.1, 0.15) is 23.3 Å². The van der Waals surface area contributed by atoms with E-state index in [-0.39, 0.29) is 0 Å². The summed E-state index contributed by atoms with van der Waals surface area (Å²) in [5, 5.41) is 0. The van der Waals surface area contributed by atoms with Crippen LogP contribution >= 0.6 is 0 Å². The van der Waals surface area contributed by atoms with Gasteiger partial charge in [-0.05, 0) is 91.1 Å². The number of aromatic nitrogens is 2. The van der Waals surface area contributed by atoms with Crippen LogP contribution in [-0.4, -0.2) is 28.6 Å². The third-order valence-electron chi connectivity index (χ3n) is 6.48. The van der Waals surface area contributed by atoms with Crippen molar-refractivity contribution in [2.45, 2.75) is 19.3 Å². The second-order valence-electron chi connectivity index (χ2n) is 9.02. The van der Waals surface area contributed by atoms with E-state index in [9.17, 15) is 0 Å². The fourth-order valence-corrected chi connectivity index (χ4v) is 4.63. The van der Waals surface area contributed by atoms with Crippen LogP contribution in [0.15, 0.2) is 131 Å². The number of anilines is 4. The first-order chi connectivity index (χ1) is 18.9. The summed E-state index contributed by atoms with van der Waals surface area (Å²) in [6.45, 7) is 0.789. The first kappa shape index (κ1) is 23.6. The van der Waals surface area contributed by atoms with Crippen molar-refractivity contribution in [2.24, 2.45) is 9.98 Å². The van der Waals surface area contributed by atoms with E-state index in [0.29, 0.717) is 0 Å². The van der Waals surface area contributed by atoms with Crippen LogP contribution in [0.5, 0.6) is 0 Å². The van der Waals surface area contributed by atoms with E-state index in [2.05, 4.69) is 91.5 Å². The lowest BCUT2D eigenvalue weighted by Gasteiger charge is -2.26. The number of dihydropyridines is 1. The zero-order chi connectivity index (χ0) is 25.6. The number of benzene rings is 2. The Bertz CT molecular complexity index is 1370. The monoisotopic (exact) mass is 496 g/mol. The second kappa shape index (κ2) is 11.0. The summed E-state index contributed by atoms with van der Waals surface area (Å²) < 4.78 is 0. The Labute approximate surface area is 223 Å². The molecule has 4 aromatic rings. The van der Waals surface area contributed by atoms with Gasteiger partial charge in [-0.3, -0.25) is 14.8 Å². The molecule has 38 heavy (non-hydrogen) atoms. The second-order valence-corrected chi connectivity index (χ2v) is 9.02. The highest BCUT2D eigenvalue weighted by Crippen LogP contribution is 2.33. The van der Waals surface area contributed by atoms with Crippen LogP contribution in [0.2, 0.25) is 0 Å². The summed E-state index contributed by atoms with van der Waals surface area (Å²) >= 11 is 0. The van der Waals surface area contributed by atoms with Crippen LogP contribution in [0.3, 0.4) is 0 Å². The highest BCUT2D eigenvalue weighted by molar-refractivity contribution is 6.10. The van der Waals surface area contributed by atoms with Gasteiger partial charge >= 0.3 is 0 Å². The van der Waals surface area contributed by atoms with Crippen LogP contribution in [-0.2, 0) is 0 Å². The quantitative estimate of drug-likeness (QED) is 0.278. The molecule has 0 saturated carbocycles. The van der Waals surface area contributed by atoms with E-state index in [1.807, 2.05) is 55.0 Å². The highest BCUT2D eigenvalue weighted by atomic mass is 15.3. The Kier molecular flexibility index (Phi) is 6.85. The van der Waals surface area contributed by atoms with Gasteiger partial charge in [-0.1, -0.05) is 42.5 Å². The first-order valence-electron chi connectivity index (χ1n) is 12.9. The molecule has 2 aromatic heterocycles. The molecule has 2 aromatic carbocycles. The van der Waals surface area contributed by atoms with E-state index in [0.717, 1.165) is 71.6 Å². The number of rotatable bonds is 6. The molecule has 0 N–H and O–H groups in total. The predicted octanol–water partition coefficient (Wildman–Crippen LogP) is 7.48. The fraction of sp³-hybridized carbons (Fsp3) is 0.125. The summed E-state index contributed by atoms with van der Waals surface area (Å²) in [5.41, 5.74) is 4.33. The molecule has 0 bridgehead atoms. The van der Waals surface area contributed by atoms with E-state index < -0.39 is 0 Å². The number of hydrogen-bond acceptors (Lipinski definition) is 6. The smallest absolute Gasteiger partial charge is 0.138 e. The topological polar surface area (TPSA) is 57.0 Å². The minimum Gasteiger partial charge on any atom is -0.279 e. The normalized spacial score (nSPS) is 14.5. The maximum absolute atomic E-state index is 4.74. The van der Waals surface area contributed by atoms with Crippen LogP contribution in [0, 0.1) is 0 Å². The zero-order valence-corrected chi connectivity index (χ0v) is 21.1. The molecule has 6 heteroatoms. The minimum atomic E-state index is 0.789. The zero-order valence-electron chi connectivity index (χ0n) is 21.1. The van der Waals surface area contributed by atoms with Crippen molar-refractivity contribution in [3.63, 3.8) is 0 Å². The van der Waals surface area contributed by atoms with Crippen molar-refractivity contribution >= 4 is 35.1 Å². The molecule has 4 heterocycles. The average Bonchev–Trinajstić information content (AvgIpc) is 3.00. The average molecular weight is 497 g/mol. The van der Waals surface area contributed by atoms with Gasteiger partial charge in [0.2, 0.25) is 0 Å². The molecule has 0 fully saturated rings. The van der Waals surface area contributed by atoms with Gasteiger partial charge in [0, 0.05) is 36.5 Å². The third kappa shape index (κ3) is 5.02. The standard InChI is InChI=1S/C32H28N6/c1-5-21-33-29(9-1)37(30-10-2-6-22-34-30)27-17-13-25(14-18-27)26-15-19-28(20-16-26)38(31-11-3-7-23-35-31)32-12-4-8-24-36-32/h1-3,5,7,9-21,23-24H,4,6,8,22H2. The van der Waals surface area contributed by atoms with Crippen LogP contribution in [0.4, 0.5) is 23.0 Å². The maximum atomic E-state index is 4.74. The number of pyridine rings is 2. The molecule has 0 spiro atoms. The Balaban J connectivity index is 1.29. The molecule has 2 aliphatic rings. The number of hydrogen-bond donors (Lipinski definition) is 0. The van der Waals surface area contributed by atoms with Gasteiger partial charge in [0.25, 0.3) is 0 Å². The van der Waals surface area contributed by atoms with Gasteiger partial charge < -0.3 is 0 Å². The molecule has 0 radical (unpaired) electrons. The molecule has 6 rings (SSSR count). The van der Waals surface area contributed by atoms with E-state index in [1.54, 1.807) is 0 Å². The van der Waals surface area contributed by atoms with E-state index in [4.69, 9.17) is 4.99 Å². The maximum Gasteiger partial charge on any atom is 0.138 e. The van der Waals surface area contributed by atoms with Crippen LogP contribution in [0.1, 0.15) is 19.3 Å². The molecule has 0 atom stereocenters. The highest BCUT2D eigenvalue weighted by Gasteiger charge is 2.18. The number of nitrogens with zero attached hydrogens (tertiary/aromatic N) is 6. The lowest BCUT2D eigenvalue weighted by Crippen LogP contribution is -2.26. The first-order valence-corrected chi connectivity index (χ1v) is 12.9. The van der Waals surface area contributed by atoms with Gasteiger partial charge in [0.05, 0.1) is 0 Å². The van der Waals surface area contributed by atoms with Crippen molar-refractivity contribution in [2.75, 3.05) is 16.3 Å². The number of amidine groups is 1. The molecule has 0 amide bonds. The molecule has 2 aliphatic heterocycles. The SMILES string of the molecule is C1=CC(N(c2ccc(-c3ccc(N(C4=CCCC=N4)c4ccccn4)cc3)cc2)c2ccccn2)=NCC1. The minimum absolute atomic E-state index is 0.789. The number of aliphatic imine (C=N–C) groups is 2. The molecule has 186 valence electrons. The van der Waals surface area contributed by atoms with Crippen molar-refractivity contribution < 1.29 is 0 Å². The largest absolute Gasteiger partial charge is 0.279 e. The van der Waals surface area contributed by atoms with Crippen molar-refractivity contribution in [3.8, 4) is 11.1 Å². The Morgan fingerprint density at radius 3 is 1.76 bits per heavy atom. The van der Waals surface area contributed by atoms with Crippen molar-refractivity contribution in [1.82, 2.24) is 9.97 Å². The number of allylic oxidation sites excluding steroid dienone is 1. The third-order valence-corrected chi connectivity index (χ3v) is 6.48. The lowest BCUT2D eigenvalue weighted by molar-refractivity contribution is 0.982. The molecule has 0 aliphatic carbocycles. The predicted molar refractivity (Wildman–Crippen MR) is 156 cm³/mol. The van der Waals surface area contributed by atoms with Crippen LogP contribution in [0.25, 0.3) is 11.1 Å². The lowest BCUT2D eigenvalue weighted by atomic mass is 10.0. The van der Waals surface area contributed by atoms with Crippen molar-refractivity contribution in [3.05, 3.63) is 121 Å². The Morgan fingerprint density at radius 1 is 0.605 bits per heavy atom. The van der Waals surface area contributed by atoms with E-state index in [1.165, 1.54) is 0 Å². The molecule has 0 saturated heterocycles. The Hall–Kier alpha value is -4.84. The molecular formula is C32H28N6. The van der Waals surface area contributed by atoms with Gasteiger partial charge in [-0.2, -0.15) is 0 Å². The fourth-order valence-electron chi connectivity index (χ4n) is 4.63. The summed E-state index contributed by atoms with van der Waals surface area (Å²) in [7, 11) is 0. The van der Waals surface area contributed by atoms with Crippen molar-refractivity contribution in [1.29, 1.82) is 0 Å². The summed E-state index contributed by atoms with van der Waals surface area (Å²) in [4.78, 5) is 22.8. The Morgan fingerprint density at radius 2 is 1.24 bits per heavy atom. The van der Waals surface area contributed by atoms with E-state index >= 15 is 0 Å². The summed E-state index contributed by atoms with van der Waals surface area (Å²) in [6.07, 6.45) is 14.9. The molecule has 0 unspecified atom stereocenters. The van der Waals surface area contributed by atoms with Gasteiger partial charge in [0.15, 0.2) is 0 Å². The molecule has 6 nitrogen and oxygen atoms in total. The summed E-state index contributed by atoms with van der Waals surface area (Å²) in [5.74, 6) is 3.51. The summed E-state index contributed by atoms with van der Waals surface area (Å²) in [6, 6.07) is 29.0. The van der Waals surface area contributed by atoms with Crippen LogP contribution < -0.4 is 9.80 Å². The molecular weight excluding hydrogens is 468 g/mol. The van der Waals surface area contributed by atoms with Gasteiger partial charge in [-0.25, -0.2) is 15.0 Å². The van der Waals surface area contributed by atoms with Gasteiger partial charge in [-0.15, -0.1) is 0 Å².